The van der Waals surface area contributed by atoms with Crippen LogP contribution < -0.4 is 14.8 Å². The molecule has 45 heavy (non-hydrogen) atoms. The molecule has 4 aromatic rings. The molecule has 9 heteroatoms. The first-order chi connectivity index (χ1) is 22.0. The highest BCUT2D eigenvalue weighted by Gasteiger charge is 2.41. The fourth-order valence-corrected chi connectivity index (χ4v) is 5.35. The molecule has 236 valence electrons. The van der Waals surface area contributed by atoms with Gasteiger partial charge in [0.2, 0.25) is 0 Å². The fraction of sp³-hybridized carbons (Fsp3) is 0.306. The van der Waals surface area contributed by atoms with Crippen LogP contribution in [0, 0.1) is 0 Å². The molecule has 5 rings (SSSR count). The van der Waals surface area contributed by atoms with Crippen LogP contribution in [0.25, 0.3) is 0 Å². The average Bonchev–Trinajstić information content (AvgIpc) is 3.46. The van der Waals surface area contributed by atoms with Crippen LogP contribution in [-0.4, -0.2) is 63.7 Å². The van der Waals surface area contributed by atoms with E-state index >= 15 is 0 Å². The van der Waals surface area contributed by atoms with Crippen LogP contribution in [0.5, 0.6) is 11.5 Å². The van der Waals surface area contributed by atoms with E-state index in [0.29, 0.717) is 0 Å². The zero-order valence-corrected chi connectivity index (χ0v) is 25.5. The number of ether oxygens (including phenoxy) is 6. The van der Waals surface area contributed by atoms with E-state index in [1.54, 1.807) is 14.2 Å². The summed E-state index contributed by atoms with van der Waals surface area (Å²) in [5, 5.41) is 13.6. The Morgan fingerprint density at radius 1 is 0.822 bits per heavy atom. The number of hydrogen-bond acceptors (Lipinski definition) is 8. The van der Waals surface area contributed by atoms with Gasteiger partial charge < -0.3 is 38.8 Å². The zero-order chi connectivity index (χ0) is 31.5. The lowest BCUT2D eigenvalue weighted by Crippen LogP contribution is -2.38. The lowest BCUT2D eigenvalue weighted by Gasteiger charge is -2.37. The molecule has 0 saturated carbocycles. The van der Waals surface area contributed by atoms with Crippen molar-refractivity contribution in [2.45, 2.75) is 37.1 Å². The number of nitrogens with one attached hydrogen (secondary N) is 1. The lowest BCUT2D eigenvalue weighted by atomic mass is 9.80. The second kappa shape index (κ2) is 15.5. The molecule has 9 nitrogen and oxygen atoms in total. The van der Waals surface area contributed by atoms with Gasteiger partial charge in [0, 0.05) is 13.0 Å². The Kier molecular flexibility index (Phi) is 11.1. The highest BCUT2D eigenvalue weighted by Crippen LogP contribution is 2.42. The minimum Gasteiger partial charge on any atom is -0.497 e. The molecule has 3 atom stereocenters. The Bertz CT molecular complexity index is 1420. The first kappa shape index (κ1) is 32.0. The highest BCUT2D eigenvalue weighted by molar-refractivity contribution is 5.67. The summed E-state index contributed by atoms with van der Waals surface area (Å²) in [5.41, 5.74) is 2.54. The predicted octanol–water partition coefficient (Wildman–Crippen LogP) is 5.43. The smallest absolute Gasteiger partial charge is 0.407 e. The van der Waals surface area contributed by atoms with Crippen LogP contribution in [0.3, 0.4) is 0 Å². The number of amides is 1. The minimum atomic E-state index is -1.04. The quantitative estimate of drug-likeness (QED) is 0.143. The summed E-state index contributed by atoms with van der Waals surface area (Å²) in [7, 11) is 3.26. The third-order valence-electron chi connectivity index (χ3n) is 7.72. The largest absolute Gasteiger partial charge is 0.497 e. The highest BCUT2D eigenvalue weighted by atomic mass is 16.7. The summed E-state index contributed by atoms with van der Waals surface area (Å²) >= 11 is 0. The number of aliphatic hydroxyl groups excluding tert-OH is 1. The predicted molar refractivity (Wildman–Crippen MR) is 168 cm³/mol. The summed E-state index contributed by atoms with van der Waals surface area (Å²) in [6.45, 7) is 0.691. The van der Waals surface area contributed by atoms with E-state index in [-0.39, 0.29) is 32.8 Å². The van der Waals surface area contributed by atoms with Gasteiger partial charge in [-0.2, -0.15) is 0 Å². The van der Waals surface area contributed by atoms with Gasteiger partial charge in [0.25, 0.3) is 0 Å². The van der Waals surface area contributed by atoms with Crippen molar-refractivity contribution >= 4 is 6.09 Å². The molecule has 2 N–H and O–H groups in total. The van der Waals surface area contributed by atoms with Gasteiger partial charge in [0.15, 0.2) is 6.29 Å². The second-order valence-electron chi connectivity index (χ2n) is 10.6. The van der Waals surface area contributed by atoms with Gasteiger partial charge >= 0.3 is 6.09 Å². The number of methoxy groups -OCH3 is 2. The molecule has 1 amide bonds. The van der Waals surface area contributed by atoms with Crippen LogP contribution in [0.15, 0.2) is 109 Å². The van der Waals surface area contributed by atoms with Crippen molar-refractivity contribution in [3.8, 4) is 11.5 Å². The maximum absolute atomic E-state index is 12.0. The van der Waals surface area contributed by atoms with E-state index < -0.39 is 30.2 Å². The summed E-state index contributed by atoms with van der Waals surface area (Å²) in [6, 6.07) is 34.9. The number of aliphatic hydroxyl groups is 1. The van der Waals surface area contributed by atoms with Crippen molar-refractivity contribution in [2.24, 2.45) is 0 Å². The van der Waals surface area contributed by atoms with Crippen LogP contribution in [-0.2, 0) is 31.2 Å². The van der Waals surface area contributed by atoms with Gasteiger partial charge in [-0.25, -0.2) is 4.79 Å². The molecule has 4 aromatic carbocycles. The first-order valence-electron chi connectivity index (χ1n) is 14.9. The number of rotatable bonds is 14. The molecule has 0 bridgehead atoms. The van der Waals surface area contributed by atoms with Gasteiger partial charge in [0.1, 0.15) is 29.8 Å². The Balaban J connectivity index is 1.25. The molecule has 0 aliphatic carbocycles. The maximum atomic E-state index is 12.0. The van der Waals surface area contributed by atoms with Crippen molar-refractivity contribution in [1.29, 1.82) is 0 Å². The van der Waals surface area contributed by atoms with Crippen molar-refractivity contribution in [1.82, 2.24) is 5.32 Å². The molecule has 1 heterocycles. The monoisotopic (exact) mass is 613 g/mol. The SMILES string of the molecule is COc1ccc(C(OC[C@H]2OC(OCCNC(=O)OCc3ccccc3)C[C@@H]2O)(c2ccccc2)c2ccc(OC)cc2)cc1. The molecule has 0 aromatic heterocycles. The summed E-state index contributed by atoms with van der Waals surface area (Å²) in [4.78, 5) is 12.0. The maximum Gasteiger partial charge on any atom is 0.407 e. The van der Waals surface area contributed by atoms with E-state index in [1.807, 2.05) is 109 Å². The van der Waals surface area contributed by atoms with Crippen LogP contribution >= 0.6 is 0 Å². The normalized spacial score (nSPS) is 17.9. The van der Waals surface area contributed by atoms with E-state index in [4.69, 9.17) is 28.4 Å². The lowest BCUT2D eigenvalue weighted by molar-refractivity contribution is -0.156. The van der Waals surface area contributed by atoms with E-state index in [9.17, 15) is 9.90 Å². The van der Waals surface area contributed by atoms with E-state index in [2.05, 4.69) is 5.32 Å². The molecule has 1 saturated heterocycles. The van der Waals surface area contributed by atoms with Crippen molar-refractivity contribution < 1.29 is 38.3 Å². The summed E-state index contributed by atoms with van der Waals surface area (Å²) in [5.74, 6) is 1.45. The molecule has 0 spiro atoms. The Labute approximate surface area is 263 Å². The fourth-order valence-electron chi connectivity index (χ4n) is 5.35. The van der Waals surface area contributed by atoms with E-state index in [0.717, 1.165) is 33.8 Å². The average molecular weight is 614 g/mol. The van der Waals surface area contributed by atoms with Gasteiger partial charge in [0.05, 0.1) is 33.5 Å². The second-order valence-corrected chi connectivity index (χ2v) is 10.6. The molecule has 1 unspecified atom stereocenters. The van der Waals surface area contributed by atoms with Crippen molar-refractivity contribution in [3.05, 3.63) is 131 Å². The Hall–Kier alpha value is -4.41. The molecular weight excluding hydrogens is 574 g/mol. The number of hydrogen-bond donors (Lipinski definition) is 2. The van der Waals surface area contributed by atoms with Gasteiger partial charge in [-0.1, -0.05) is 84.9 Å². The molecule has 1 aliphatic rings. The zero-order valence-electron chi connectivity index (χ0n) is 25.5. The Morgan fingerprint density at radius 3 is 1.96 bits per heavy atom. The minimum absolute atomic E-state index is 0.0814. The third kappa shape index (κ3) is 8.01. The van der Waals surface area contributed by atoms with Crippen molar-refractivity contribution in [2.75, 3.05) is 34.0 Å². The molecule has 1 fully saturated rings. The van der Waals surface area contributed by atoms with Crippen LogP contribution in [0.4, 0.5) is 4.79 Å². The molecular formula is C36H39NO8. The summed E-state index contributed by atoms with van der Waals surface area (Å²) in [6.07, 6.45) is -2.35. The standard InChI is InChI=1S/C36H39NO8/c1-40-30-17-13-28(14-18-30)36(27-11-7-4-8-12-27,29-15-19-31(41-2)20-16-29)44-25-33-32(38)23-34(45-33)42-22-21-37-35(39)43-24-26-9-5-3-6-10-26/h3-20,32-34,38H,21-25H2,1-2H3,(H,37,39)/t32-,33+,34?/m0/s1. The van der Waals surface area contributed by atoms with Gasteiger partial charge in [-0.3, -0.25) is 0 Å². The molecule has 1 aliphatic heterocycles. The first-order valence-corrected chi connectivity index (χ1v) is 14.9. The van der Waals surface area contributed by atoms with Crippen molar-refractivity contribution in [3.63, 3.8) is 0 Å². The van der Waals surface area contributed by atoms with E-state index in [1.165, 1.54) is 0 Å². The van der Waals surface area contributed by atoms with Crippen LogP contribution in [0.1, 0.15) is 28.7 Å². The third-order valence-corrected chi connectivity index (χ3v) is 7.72. The topological polar surface area (TPSA) is 105 Å². The number of carbonyl (C=O) groups is 1. The number of alkyl carbamates (subject to hydrolysis) is 1. The molecule has 0 radical (unpaired) electrons. The summed E-state index contributed by atoms with van der Waals surface area (Å²) < 4.78 is 34.8. The number of benzene rings is 4. The van der Waals surface area contributed by atoms with Crippen LogP contribution in [0.2, 0.25) is 0 Å². The number of carbonyl (C=O) groups excluding carboxylic acids is 1. The Morgan fingerprint density at radius 2 is 1.38 bits per heavy atom. The van der Waals surface area contributed by atoms with Gasteiger partial charge in [-0.05, 0) is 46.5 Å². The van der Waals surface area contributed by atoms with Gasteiger partial charge in [-0.15, -0.1) is 0 Å².